The Hall–Kier alpha value is -1.08. The van der Waals surface area contributed by atoms with Crippen molar-refractivity contribution in [3.8, 4) is 0 Å². The van der Waals surface area contributed by atoms with Crippen molar-refractivity contribution >= 4 is 17.4 Å². The van der Waals surface area contributed by atoms with Gasteiger partial charge in [0, 0.05) is 19.2 Å². The lowest BCUT2D eigenvalue weighted by atomic mass is 10.4. The molecular formula is C11H14ClF3N4. The third-order valence-electron chi connectivity index (χ3n) is 2.92. The van der Waals surface area contributed by atoms with E-state index in [1.54, 1.807) is 0 Å². The first-order chi connectivity index (χ1) is 8.95. The van der Waals surface area contributed by atoms with Crippen molar-refractivity contribution in [1.82, 2.24) is 14.9 Å². The van der Waals surface area contributed by atoms with Gasteiger partial charge in [0.05, 0.1) is 0 Å². The van der Waals surface area contributed by atoms with Crippen LogP contribution in [0.4, 0.5) is 19.0 Å². The number of hydrogen-bond acceptors (Lipinski definition) is 4. The van der Waals surface area contributed by atoms with Crippen molar-refractivity contribution in [3.05, 3.63) is 17.0 Å². The summed E-state index contributed by atoms with van der Waals surface area (Å²) in [7, 11) is 0. The van der Waals surface area contributed by atoms with Gasteiger partial charge >= 0.3 is 6.18 Å². The lowest BCUT2D eigenvalue weighted by molar-refractivity contribution is -0.141. The Kier molecular flexibility index (Phi) is 4.46. The molecule has 0 spiro atoms. The summed E-state index contributed by atoms with van der Waals surface area (Å²) in [4.78, 5) is 9.16. The molecule has 0 amide bonds. The molecule has 1 N–H and O–H groups in total. The smallest absolute Gasteiger partial charge is 0.369 e. The number of aromatic nitrogens is 2. The summed E-state index contributed by atoms with van der Waals surface area (Å²) < 4.78 is 37.6. The van der Waals surface area contributed by atoms with Crippen molar-refractivity contribution in [3.63, 3.8) is 0 Å². The lowest BCUT2D eigenvalue weighted by Crippen LogP contribution is -2.26. The van der Waals surface area contributed by atoms with Gasteiger partial charge in [-0.3, -0.25) is 0 Å². The highest BCUT2D eigenvalue weighted by atomic mass is 35.5. The largest absolute Gasteiger partial charge is 0.433 e. The SMILES string of the molecule is FC(F)(F)c1cc(NCCN2CCCC2)nc(Cl)n1. The van der Waals surface area contributed by atoms with Crippen LogP contribution in [0.3, 0.4) is 0 Å². The quantitative estimate of drug-likeness (QED) is 0.867. The maximum atomic E-state index is 12.5. The number of hydrogen-bond donors (Lipinski definition) is 1. The van der Waals surface area contributed by atoms with E-state index in [1.807, 2.05) is 0 Å². The maximum absolute atomic E-state index is 12.5. The fourth-order valence-electron chi connectivity index (χ4n) is 2.00. The summed E-state index contributed by atoms with van der Waals surface area (Å²) in [5, 5.41) is 2.44. The van der Waals surface area contributed by atoms with Crippen molar-refractivity contribution in [2.45, 2.75) is 19.0 Å². The van der Waals surface area contributed by atoms with Gasteiger partial charge in [0.25, 0.3) is 0 Å². The zero-order valence-corrected chi connectivity index (χ0v) is 10.9. The van der Waals surface area contributed by atoms with Gasteiger partial charge in [-0.25, -0.2) is 9.97 Å². The summed E-state index contributed by atoms with van der Waals surface area (Å²) in [6, 6.07) is 0.871. The number of halogens is 4. The van der Waals surface area contributed by atoms with Gasteiger partial charge in [-0.2, -0.15) is 13.2 Å². The molecular weight excluding hydrogens is 281 g/mol. The number of rotatable bonds is 4. The van der Waals surface area contributed by atoms with Crippen molar-refractivity contribution in [2.75, 3.05) is 31.5 Å². The predicted molar refractivity (Wildman–Crippen MR) is 66.2 cm³/mol. The fourth-order valence-corrected chi connectivity index (χ4v) is 2.18. The minimum atomic E-state index is -4.52. The van der Waals surface area contributed by atoms with E-state index in [-0.39, 0.29) is 5.82 Å². The Morgan fingerprint density at radius 3 is 2.58 bits per heavy atom. The Morgan fingerprint density at radius 1 is 1.26 bits per heavy atom. The van der Waals surface area contributed by atoms with Crippen LogP contribution in [0.2, 0.25) is 5.28 Å². The van der Waals surface area contributed by atoms with E-state index in [9.17, 15) is 13.2 Å². The second kappa shape index (κ2) is 5.92. The number of nitrogens with zero attached hydrogens (tertiary/aromatic N) is 3. The number of likely N-dealkylation sites (tertiary alicyclic amines) is 1. The van der Waals surface area contributed by atoms with Crippen LogP contribution in [0.15, 0.2) is 6.07 Å². The topological polar surface area (TPSA) is 41.0 Å². The van der Waals surface area contributed by atoms with E-state index in [1.165, 1.54) is 12.8 Å². The van der Waals surface area contributed by atoms with E-state index in [0.29, 0.717) is 6.54 Å². The Bertz CT molecular complexity index is 432. The summed E-state index contributed by atoms with van der Waals surface area (Å²) in [5.41, 5.74) is -1.03. The van der Waals surface area contributed by atoms with Gasteiger partial charge in [-0.1, -0.05) is 0 Å². The molecule has 1 fully saturated rings. The second-order valence-corrected chi connectivity index (χ2v) is 4.72. The van der Waals surface area contributed by atoms with Gasteiger partial charge in [-0.05, 0) is 37.5 Å². The maximum Gasteiger partial charge on any atom is 0.433 e. The summed E-state index contributed by atoms with van der Waals surface area (Å²) in [6.45, 7) is 3.40. The van der Waals surface area contributed by atoms with Crippen molar-refractivity contribution < 1.29 is 13.2 Å². The summed E-state index contributed by atoms with van der Waals surface area (Å²) >= 11 is 5.49. The molecule has 8 heteroatoms. The van der Waals surface area contributed by atoms with Crippen molar-refractivity contribution in [2.24, 2.45) is 0 Å². The van der Waals surface area contributed by atoms with E-state index >= 15 is 0 Å². The second-order valence-electron chi connectivity index (χ2n) is 4.38. The van der Waals surface area contributed by atoms with Crippen LogP contribution >= 0.6 is 11.6 Å². The molecule has 2 heterocycles. The molecule has 19 heavy (non-hydrogen) atoms. The van der Waals surface area contributed by atoms with E-state index in [4.69, 9.17) is 11.6 Å². The standard InChI is InChI=1S/C11H14ClF3N4/c12-10-17-8(11(13,14)15)7-9(18-10)16-3-6-19-4-1-2-5-19/h7H,1-6H2,(H,16,17,18). The van der Waals surface area contributed by atoms with Gasteiger partial charge in [0.15, 0.2) is 5.69 Å². The van der Waals surface area contributed by atoms with Crippen molar-refractivity contribution in [1.29, 1.82) is 0 Å². The first kappa shape index (κ1) is 14.3. The molecule has 106 valence electrons. The predicted octanol–water partition coefficient (Wildman–Crippen LogP) is 2.66. The summed E-state index contributed by atoms with van der Waals surface area (Å²) in [6.07, 6.45) is -2.16. The zero-order valence-electron chi connectivity index (χ0n) is 10.2. The van der Waals surface area contributed by atoms with Crippen LogP contribution in [0.1, 0.15) is 18.5 Å². The van der Waals surface area contributed by atoms with E-state index in [0.717, 1.165) is 25.7 Å². The van der Waals surface area contributed by atoms with Gasteiger partial charge in [-0.15, -0.1) is 0 Å². The number of anilines is 1. The van der Waals surface area contributed by atoms with Gasteiger partial charge in [0.2, 0.25) is 5.28 Å². The normalized spacial score (nSPS) is 16.8. The highest BCUT2D eigenvalue weighted by molar-refractivity contribution is 6.28. The number of nitrogens with one attached hydrogen (secondary N) is 1. The first-order valence-electron chi connectivity index (χ1n) is 6.03. The molecule has 2 rings (SSSR count). The van der Waals surface area contributed by atoms with Crippen LogP contribution < -0.4 is 5.32 Å². The lowest BCUT2D eigenvalue weighted by Gasteiger charge is -2.15. The van der Waals surface area contributed by atoms with Crippen LogP contribution in [0.5, 0.6) is 0 Å². The highest BCUT2D eigenvalue weighted by Crippen LogP contribution is 2.29. The molecule has 1 aliphatic rings. The van der Waals surface area contributed by atoms with Crippen LogP contribution in [-0.2, 0) is 6.18 Å². The third kappa shape index (κ3) is 4.21. The Balaban J connectivity index is 1.94. The molecule has 0 saturated carbocycles. The van der Waals surface area contributed by atoms with E-state index in [2.05, 4.69) is 20.2 Å². The zero-order chi connectivity index (χ0) is 13.9. The number of alkyl halides is 3. The minimum absolute atomic E-state index is 0.103. The molecule has 1 aromatic heterocycles. The van der Waals surface area contributed by atoms with Gasteiger partial charge in [0.1, 0.15) is 5.82 Å². The Labute approximate surface area is 114 Å². The molecule has 4 nitrogen and oxygen atoms in total. The minimum Gasteiger partial charge on any atom is -0.369 e. The average molecular weight is 295 g/mol. The van der Waals surface area contributed by atoms with Gasteiger partial charge < -0.3 is 10.2 Å². The molecule has 0 aliphatic carbocycles. The fraction of sp³-hybridized carbons (Fsp3) is 0.636. The first-order valence-corrected chi connectivity index (χ1v) is 6.41. The third-order valence-corrected chi connectivity index (χ3v) is 3.09. The molecule has 0 bridgehead atoms. The van der Waals surface area contributed by atoms with Crippen LogP contribution in [0.25, 0.3) is 0 Å². The summed E-state index contributed by atoms with van der Waals surface area (Å²) in [5.74, 6) is 0.103. The molecule has 0 atom stereocenters. The van der Waals surface area contributed by atoms with Crippen LogP contribution in [0, 0.1) is 0 Å². The monoisotopic (exact) mass is 294 g/mol. The molecule has 1 saturated heterocycles. The molecule has 1 aromatic rings. The molecule has 0 radical (unpaired) electrons. The molecule has 0 unspecified atom stereocenters. The molecule has 1 aliphatic heterocycles. The highest BCUT2D eigenvalue weighted by Gasteiger charge is 2.33. The van der Waals surface area contributed by atoms with E-state index < -0.39 is 17.2 Å². The Morgan fingerprint density at radius 2 is 1.95 bits per heavy atom. The molecule has 0 aromatic carbocycles. The van der Waals surface area contributed by atoms with Crippen LogP contribution in [-0.4, -0.2) is 41.0 Å². The average Bonchev–Trinajstić information content (AvgIpc) is 2.80.